The van der Waals surface area contributed by atoms with Crippen molar-refractivity contribution in [1.82, 2.24) is 15.5 Å². The third-order valence-corrected chi connectivity index (χ3v) is 7.99. The fraction of sp³-hybridized carbons (Fsp3) is 0.750. The molecular weight excluding hydrogens is 589 g/mol. The molecule has 0 aromatic carbocycles. The molecule has 1 aliphatic carbocycles. The molecule has 0 saturated heterocycles. The second kappa shape index (κ2) is 23.5. The van der Waals surface area contributed by atoms with Crippen LogP contribution in [0.2, 0.25) is 0 Å². The Morgan fingerprint density at radius 2 is 1.67 bits per heavy atom. The number of aliphatic imine (C=N–C) groups is 2. The topological polar surface area (TPSA) is 95.1 Å². The van der Waals surface area contributed by atoms with Crippen molar-refractivity contribution in [3.8, 4) is 0 Å². The highest BCUT2D eigenvalue weighted by Crippen LogP contribution is 2.36. The molecule has 0 spiro atoms. The number of nitrogens with two attached hydrogens (primary N) is 1. The summed E-state index contributed by atoms with van der Waals surface area (Å²) in [5.41, 5.74) is 6.43. The number of rotatable bonds is 24. The molecule has 0 bridgehead atoms. The Hall–Kier alpha value is -2.78. The van der Waals surface area contributed by atoms with E-state index in [4.69, 9.17) is 5.73 Å². The molecule has 1 rings (SSSR count). The zero-order valence-electron chi connectivity index (χ0n) is 29.6. The van der Waals surface area contributed by atoms with Crippen LogP contribution in [0.25, 0.3) is 0 Å². The summed E-state index contributed by atoms with van der Waals surface area (Å²) in [5, 5.41) is 6.53. The van der Waals surface area contributed by atoms with E-state index in [9.17, 15) is 18.0 Å². The van der Waals surface area contributed by atoms with E-state index in [-0.39, 0.29) is 17.4 Å². The van der Waals surface area contributed by atoms with Gasteiger partial charge in [0.2, 0.25) is 5.91 Å². The second-order valence-corrected chi connectivity index (χ2v) is 12.4. The van der Waals surface area contributed by atoms with Crippen LogP contribution in [0.4, 0.5) is 13.2 Å². The maximum Gasteiger partial charge on any atom is 0.419 e. The molecule has 10 heteroatoms. The van der Waals surface area contributed by atoms with Gasteiger partial charge in [-0.2, -0.15) is 13.2 Å². The van der Waals surface area contributed by atoms with Crippen molar-refractivity contribution < 1.29 is 18.0 Å². The number of alkyl halides is 3. The minimum Gasteiger partial charge on any atom is -0.388 e. The Balaban J connectivity index is 3.10. The fourth-order valence-corrected chi connectivity index (χ4v) is 5.21. The molecule has 264 valence electrons. The fourth-order valence-electron chi connectivity index (χ4n) is 5.21. The second-order valence-electron chi connectivity index (χ2n) is 12.4. The van der Waals surface area contributed by atoms with Gasteiger partial charge in [0.05, 0.1) is 5.57 Å². The minimum atomic E-state index is -4.62. The largest absolute Gasteiger partial charge is 0.419 e. The molecule has 1 unspecified atom stereocenters. The van der Waals surface area contributed by atoms with Crippen molar-refractivity contribution in [3.05, 3.63) is 35.3 Å². The number of amidine groups is 2. The smallest absolute Gasteiger partial charge is 0.388 e. The number of allylic oxidation sites excluding steroid dienone is 2. The third-order valence-electron chi connectivity index (χ3n) is 7.99. The lowest BCUT2D eigenvalue weighted by molar-refractivity contribution is -0.131. The number of nitrogens with one attached hydrogen (secondary N) is 2. The molecule has 1 amide bonds. The van der Waals surface area contributed by atoms with Crippen molar-refractivity contribution in [2.24, 2.45) is 21.6 Å². The van der Waals surface area contributed by atoms with E-state index in [1.807, 2.05) is 24.9 Å². The number of nitrogens with zero attached hydrogens (tertiary/aromatic N) is 3. The van der Waals surface area contributed by atoms with Gasteiger partial charge in [-0.05, 0) is 64.2 Å². The van der Waals surface area contributed by atoms with E-state index in [0.717, 1.165) is 82.4 Å². The lowest BCUT2D eigenvalue weighted by Gasteiger charge is -2.23. The summed E-state index contributed by atoms with van der Waals surface area (Å²) in [6, 6.07) is 0.361. The molecule has 0 aromatic heterocycles. The summed E-state index contributed by atoms with van der Waals surface area (Å²) < 4.78 is 43.0. The zero-order chi connectivity index (χ0) is 34.4. The number of carbonyl (C=O) groups is 1. The van der Waals surface area contributed by atoms with E-state index in [0.29, 0.717) is 63.1 Å². The summed E-state index contributed by atoms with van der Waals surface area (Å²) in [6.45, 7) is 13.4. The van der Waals surface area contributed by atoms with E-state index < -0.39 is 11.7 Å². The highest BCUT2D eigenvalue weighted by Gasteiger charge is 2.36. The quantitative estimate of drug-likeness (QED) is 0.0420. The van der Waals surface area contributed by atoms with Gasteiger partial charge in [0.1, 0.15) is 11.7 Å². The summed E-state index contributed by atoms with van der Waals surface area (Å²) in [6.07, 6.45) is 13.3. The average Bonchev–Trinajstić information content (AvgIpc) is 3.84. The van der Waals surface area contributed by atoms with Crippen LogP contribution in [0.15, 0.2) is 45.3 Å². The molecule has 7 nitrogen and oxygen atoms in total. The number of unbranched alkanes of at least 4 members (excludes halogenated alkanes) is 4. The van der Waals surface area contributed by atoms with Crippen LogP contribution in [0.5, 0.6) is 0 Å². The van der Waals surface area contributed by atoms with Gasteiger partial charge in [0, 0.05) is 55.8 Å². The number of halogens is 3. The van der Waals surface area contributed by atoms with Gasteiger partial charge < -0.3 is 21.3 Å². The lowest BCUT2D eigenvalue weighted by atomic mass is 10.0. The Labute approximate surface area is 277 Å². The van der Waals surface area contributed by atoms with Crippen LogP contribution in [0.1, 0.15) is 138 Å². The van der Waals surface area contributed by atoms with Crippen LogP contribution in [-0.2, 0) is 4.79 Å². The molecule has 1 atom stereocenters. The predicted octanol–water partition coefficient (Wildman–Crippen LogP) is 8.93. The van der Waals surface area contributed by atoms with Gasteiger partial charge in [-0.1, -0.05) is 79.2 Å². The van der Waals surface area contributed by atoms with Crippen LogP contribution < -0.4 is 16.4 Å². The van der Waals surface area contributed by atoms with E-state index in [1.54, 1.807) is 13.0 Å². The SMILES string of the molecule is CCC/C=C(NCCCN(CCC)C(=O)CCCCC)/C(=C\N=C(C)N=C(N)/C(=C\NC(CCC)CCCC)C1CC1)C(F)(F)F. The zero-order valence-corrected chi connectivity index (χ0v) is 29.6. The molecule has 0 radical (unpaired) electrons. The van der Waals surface area contributed by atoms with Gasteiger partial charge in [0.15, 0.2) is 0 Å². The molecule has 1 fully saturated rings. The van der Waals surface area contributed by atoms with Gasteiger partial charge in [0.25, 0.3) is 0 Å². The summed E-state index contributed by atoms with van der Waals surface area (Å²) in [7, 11) is 0. The third kappa shape index (κ3) is 17.2. The van der Waals surface area contributed by atoms with Crippen LogP contribution in [0.3, 0.4) is 0 Å². The van der Waals surface area contributed by atoms with Gasteiger partial charge in [-0.15, -0.1) is 0 Å². The molecule has 0 aromatic rings. The highest BCUT2D eigenvalue weighted by atomic mass is 19.4. The number of hydrogen-bond acceptors (Lipinski definition) is 4. The Morgan fingerprint density at radius 1 is 0.957 bits per heavy atom. The first-order valence-electron chi connectivity index (χ1n) is 17.9. The monoisotopic (exact) mass is 653 g/mol. The van der Waals surface area contributed by atoms with Crippen LogP contribution >= 0.6 is 0 Å². The van der Waals surface area contributed by atoms with Gasteiger partial charge in [-0.25, -0.2) is 9.98 Å². The number of carbonyl (C=O) groups excluding carboxylic acids is 1. The summed E-state index contributed by atoms with van der Waals surface area (Å²) >= 11 is 0. The normalized spacial score (nSPS) is 16.1. The van der Waals surface area contributed by atoms with E-state index in [1.165, 1.54) is 0 Å². The molecular formula is C36H63F3N6O. The van der Waals surface area contributed by atoms with Crippen molar-refractivity contribution >= 4 is 17.6 Å². The summed E-state index contributed by atoms with van der Waals surface area (Å²) in [4.78, 5) is 23.0. The molecule has 1 aliphatic rings. The van der Waals surface area contributed by atoms with E-state index >= 15 is 0 Å². The molecule has 46 heavy (non-hydrogen) atoms. The molecule has 4 N–H and O–H groups in total. The number of hydrogen-bond donors (Lipinski definition) is 3. The maximum absolute atomic E-state index is 14.3. The van der Waals surface area contributed by atoms with Gasteiger partial charge >= 0.3 is 6.18 Å². The lowest BCUT2D eigenvalue weighted by Crippen LogP contribution is -2.34. The first-order chi connectivity index (χ1) is 22.0. The highest BCUT2D eigenvalue weighted by molar-refractivity contribution is 6.05. The first-order valence-corrected chi connectivity index (χ1v) is 17.9. The summed E-state index contributed by atoms with van der Waals surface area (Å²) in [5.74, 6) is 0.884. The standard InChI is InChI=1S/C36H63F3N6O/c1-7-12-15-20-34(46)45(24-11-5)25-16-23-41-33(19-14-9-3)32(36(37,38)39)27-42-28(6)44-35(40)31(29-21-22-29)26-43-30(17-10-4)18-13-8-2/h19,26-27,29-30,41,43H,7-18,20-25H2,1-6H3,(H2,40,42,44)/b31-26-,32-27+,33-19-. The molecule has 0 aliphatic heterocycles. The predicted molar refractivity (Wildman–Crippen MR) is 188 cm³/mol. The van der Waals surface area contributed by atoms with Gasteiger partial charge in [-0.3, -0.25) is 4.79 Å². The van der Waals surface area contributed by atoms with Crippen LogP contribution in [-0.4, -0.2) is 54.3 Å². The Morgan fingerprint density at radius 3 is 2.26 bits per heavy atom. The minimum absolute atomic E-state index is 0.00373. The van der Waals surface area contributed by atoms with Crippen molar-refractivity contribution in [3.63, 3.8) is 0 Å². The van der Waals surface area contributed by atoms with E-state index in [2.05, 4.69) is 41.4 Å². The van der Waals surface area contributed by atoms with Crippen LogP contribution in [0, 0.1) is 5.92 Å². The van der Waals surface area contributed by atoms with Crippen molar-refractivity contribution in [2.45, 2.75) is 150 Å². The molecule has 1 saturated carbocycles. The molecule has 0 heterocycles. The average molecular weight is 653 g/mol. The Kier molecular flexibility index (Phi) is 21.1. The Bertz CT molecular complexity index is 1030. The van der Waals surface area contributed by atoms with Crippen molar-refractivity contribution in [1.29, 1.82) is 0 Å². The van der Waals surface area contributed by atoms with Crippen molar-refractivity contribution in [2.75, 3.05) is 19.6 Å². The first kappa shape index (κ1) is 41.2. The maximum atomic E-state index is 14.3. The number of amides is 1.